The van der Waals surface area contributed by atoms with Gasteiger partial charge in [-0.25, -0.2) is 13.1 Å². The number of rotatable bonds is 8. The van der Waals surface area contributed by atoms with Crippen molar-refractivity contribution in [3.8, 4) is 0 Å². The van der Waals surface area contributed by atoms with Crippen molar-refractivity contribution >= 4 is 32.7 Å². The van der Waals surface area contributed by atoms with Crippen LogP contribution in [0.1, 0.15) is 22.2 Å². The Labute approximate surface area is 134 Å². The summed E-state index contributed by atoms with van der Waals surface area (Å²) in [6, 6.07) is 5.58. The van der Waals surface area contributed by atoms with Crippen LogP contribution in [0, 0.1) is 6.92 Å². The van der Waals surface area contributed by atoms with Crippen molar-refractivity contribution in [1.29, 1.82) is 0 Å². The Hall–Kier alpha value is -0.730. The fraction of sp³-hybridized carbons (Fsp3) is 0.429. The summed E-state index contributed by atoms with van der Waals surface area (Å²) in [5.74, 6) is 0. The molecule has 0 spiro atoms. The monoisotopic (exact) mass is 344 g/mol. The van der Waals surface area contributed by atoms with E-state index < -0.39 is 10.0 Å². The molecule has 4 nitrogen and oxygen atoms in total. The van der Waals surface area contributed by atoms with Crippen LogP contribution in [0.25, 0.3) is 0 Å². The van der Waals surface area contributed by atoms with E-state index >= 15 is 0 Å². The van der Waals surface area contributed by atoms with Crippen LogP contribution in [0.5, 0.6) is 0 Å². The zero-order chi connectivity index (χ0) is 15.3. The number of hydrogen-bond donors (Lipinski definition) is 2. The molecule has 7 heteroatoms. The lowest BCUT2D eigenvalue weighted by atomic mass is 10.3. The van der Waals surface area contributed by atoms with Gasteiger partial charge in [0.05, 0.1) is 0 Å². The molecule has 0 fully saturated rings. The van der Waals surface area contributed by atoms with Crippen LogP contribution < -0.4 is 10.0 Å². The minimum Gasteiger partial charge on any atom is -0.317 e. The van der Waals surface area contributed by atoms with Gasteiger partial charge in [0.1, 0.15) is 4.21 Å². The van der Waals surface area contributed by atoms with Crippen molar-refractivity contribution in [2.75, 3.05) is 13.1 Å². The van der Waals surface area contributed by atoms with Crippen molar-refractivity contribution < 1.29 is 8.42 Å². The van der Waals surface area contributed by atoms with Crippen LogP contribution in [-0.2, 0) is 23.0 Å². The molecule has 0 bridgehead atoms. The number of thiophene rings is 2. The van der Waals surface area contributed by atoms with Crippen LogP contribution in [0.3, 0.4) is 0 Å². The molecule has 0 aliphatic carbocycles. The van der Waals surface area contributed by atoms with E-state index in [1.165, 1.54) is 11.3 Å². The lowest BCUT2D eigenvalue weighted by molar-refractivity contribution is 0.584. The summed E-state index contributed by atoms with van der Waals surface area (Å²) in [6.07, 6.45) is 0.859. The Bertz CT molecular complexity index is 674. The van der Waals surface area contributed by atoms with E-state index in [1.807, 2.05) is 24.4 Å². The molecule has 0 aromatic carbocycles. The molecule has 116 valence electrons. The lowest BCUT2D eigenvalue weighted by Crippen LogP contribution is -2.22. The number of hydrogen-bond acceptors (Lipinski definition) is 5. The minimum atomic E-state index is -3.41. The average molecular weight is 345 g/mol. The third-order valence-corrected chi connectivity index (χ3v) is 7.15. The first kappa shape index (κ1) is 16.6. The quantitative estimate of drug-likeness (QED) is 0.724. The molecule has 0 saturated heterocycles. The molecule has 0 unspecified atom stereocenters. The van der Waals surface area contributed by atoms with E-state index in [4.69, 9.17) is 0 Å². The first-order chi connectivity index (χ1) is 10.0. The minimum absolute atomic E-state index is 0.358. The molecule has 0 aliphatic rings. The molecule has 2 aromatic rings. The zero-order valence-corrected chi connectivity index (χ0v) is 14.6. The molecule has 21 heavy (non-hydrogen) atoms. The fourth-order valence-electron chi connectivity index (χ4n) is 1.84. The Morgan fingerprint density at radius 3 is 2.71 bits per heavy atom. The van der Waals surface area contributed by atoms with Gasteiger partial charge in [-0.15, -0.1) is 22.7 Å². The van der Waals surface area contributed by atoms with Crippen molar-refractivity contribution in [3.05, 3.63) is 38.9 Å². The van der Waals surface area contributed by atoms with Crippen LogP contribution in [0.2, 0.25) is 0 Å². The van der Waals surface area contributed by atoms with E-state index in [0.29, 0.717) is 10.8 Å². The number of likely N-dealkylation sites (N-methyl/N-ethyl adjacent to an activating group) is 1. The Morgan fingerprint density at radius 2 is 2.05 bits per heavy atom. The standard InChI is InChI=1S/C14H20N2O2S3/c1-3-15-8-6-12-4-5-14(20-12)21(17,18)16-10-13-11(2)7-9-19-13/h4-5,7,9,15-16H,3,6,8,10H2,1-2H3. The predicted molar refractivity (Wildman–Crippen MR) is 89.6 cm³/mol. The molecule has 0 atom stereocenters. The highest BCUT2D eigenvalue weighted by Gasteiger charge is 2.17. The highest BCUT2D eigenvalue weighted by Crippen LogP contribution is 2.23. The molecular weight excluding hydrogens is 324 g/mol. The molecule has 0 aliphatic heterocycles. The third-order valence-electron chi connectivity index (χ3n) is 3.09. The van der Waals surface area contributed by atoms with E-state index in [9.17, 15) is 8.42 Å². The van der Waals surface area contributed by atoms with Crippen molar-refractivity contribution in [2.24, 2.45) is 0 Å². The maximum Gasteiger partial charge on any atom is 0.250 e. The van der Waals surface area contributed by atoms with Gasteiger partial charge in [0.25, 0.3) is 0 Å². The average Bonchev–Trinajstić information content (AvgIpc) is 3.06. The molecule has 2 N–H and O–H groups in total. The largest absolute Gasteiger partial charge is 0.317 e. The summed E-state index contributed by atoms with van der Waals surface area (Å²) in [4.78, 5) is 2.14. The van der Waals surface area contributed by atoms with E-state index in [1.54, 1.807) is 17.4 Å². The highest BCUT2D eigenvalue weighted by atomic mass is 32.2. The lowest BCUT2D eigenvalue weighted by Gasteiger charge is -2.04. The number of nitrogens with one attached hydrogen (secondary N) is 2. The van der Waals surface area contributed by atoms with Gasteiger partial charge in [0.2, 0.25) is 10.0 Å². The first-order valence-corrected chi connectivity index (χ1v) is 10.0. The normalized spacial score (nSPS) is 11.9. The maximum atomic E-state index is 12.3. The van der Waals surface area contributed by atoms with Crippen molar-refractivity contribution in [3.63, 3.8) is 0 Å². The highest BCUT2D eigenvalue weighted by molar-refractivity contribution is 7.91. The summed E-state index contributed by atoms with van der Waals surface area (Å²) >= 11 is 2.92. The molecule has 2 rings (SSSR count). The Morgan fingerprint density at radius 1 is 1.24 bits per heavy atom. The van der Waals surface area contributed by atoms with Gasteiger partial charge in [0.15, 0.2) is 0 Å². The maximum absolute atomic E-state index is 12.3. The topological polar surface area (TPSA) is 58.2 Å². The van der Waals surface area contributed by atoms with Gasteiger partial charge in [-0.05, 0) is 55.6 Å². The second-order valence-corrected chi connectivity index (χ2v) is 8.84. The van der Waals surface area contributed by atoms with Crippen LogP contribution in [0.4, 0.5) is 0 Å². The second kappa shape index (κ2) is 7.51. The van der Waals surface area contributed by atoms with Crippen LogP contribution in [0.15, 0.2) is 27.8 Å². The van der Waals surface area contributed by atoms with Gasteiger partial charge < -0.3 is 5.32 Å². The predicted octanol–water partition coefficient (Wildman–Crippen LogP) is 2.75. The second-order valence-electron chi connectivity index (χ2n) is 4.68. The van der Waals surface area contributed by atoms with Gasteiger partial charge in [-0.1, -0.05) is 6.92 Å². The number of sulfonamides is 1. The molecule has 0 radical (unpaired) electrons. The SMILES string of the molecule is CCNCCc1ccc(S(=O)(=O)NCc2sccc2C)s1. The fourth-order valence-corrected chi connectivity index (χ4v) is 5.17. The molecule has 2 aromatic heterocycles. The van der Waals surface area contributed by atoms with E-state index in [2.05, 4.69) is 17.0 Å². The zero-order valence-electron chi connectivity index (χ0n) is 12.2. The summed E-state index contributed by atoms with van der Waals surface area (Å²) in [7, 11) is -3.41. The molecule has 0 saturated carbocycles. The van der Waals surface area contributed by atoms with Gasteiger partial charge in [0, 0.05) is 16.3 Å². The summed E-state index contributed by atoms with van der Waals surface area (Å²) in [5, 5.41) is 5.21. The first-order valence-electron chi connectivity index (χ1n) is 6.85. The Kier molecular flexibility index (Phi) is 5.95. The molecule has 2 heterocycles. The van der Waals surface area contributed by atoms with Crippen LogP contribution in [-0.4, -0.2) is 21.5 Å². The summed E-state index contributed by atoms with van der Waals surface area (Å²) < 4.78 is 27.6. The van der Waals surface area contributed by atoms with Gasteiger partial charge in [-0.2, -0.15) is 0 Å². The van der Waals surface area contributed by atoms with Crippen molar-refractivity contribution in [1.82, 2.24) is 10.0 Å². The Balaban J connectivity index is 1.97. The third kappa shape index (κ3) is 4.62. The molecular formula is C14H20N2O2S3. The van der Waals surface area contributed by atoms with E-state index in [-0.39, 0.29) is 0 Å². The smallest absolute Gasteiger partial charge is 0.250 e. The van der Waals surface area contributed by atoms with Crippen LogP contribution >= 0.6 is 22.7 Å². The molecule has 0 amide bonds. The van der Waals surface area contributed by atoms with Crippen molar-refractivity contribution in [2.45, 2.75) is 31.0 Å². The number of aryl methyl sites for hydroxylation is 1. The van der Waals surface area contributed by atoms with Gasteiger partial charge >= 0.3 is 0 Å². The van der Waals surface area contributed by atoms with Gasteiger partial charge in [-0.3, -0.25) is 0 Å². The van der Waals surface area contributed by atoms with E-state index in [0.717, 1.165) is 34.8 Å². The summed E-state index contributed by atoms with van der Waals surface area (Å²) in [6.45, 7) is 6.21. The summed E-state index contributed by atoms with van der Waals surface area (Å²) in [5.41, 5.74) is 1.13.